The van der Waals surface area contributed by atoms with E-state index >= 15 is 0 Å². The Morgan fingerprint density at radius 2 is 2.00 bits per heavy atom. The van der Waals surface area contributed by atoms with Crippen LogP contribution in [-0.4, -0.2) is 24.8 Å². The Morgan fingerprint density at radius 3 is 2.63 bits per heavy atom. The summed E-state index contributed by atoms with van der Waals surface area (Å²) < 4.78 is 10.9. The lowest BCUT2D eigenvalue weighted by Crippen LogP contribution is -2.21. The fraction of sp³-hybridized carbons (Fsp3) is 0.938. The lowest BCUT2D eigenvalue weighted by Gasteiger charge is -2.26. The van der Waals surface area contributed by atoms with Crippen molar-refractivity contribution in [1.82, 2.24) is 0 Å². The minimum atomic E-state index is -0.0213. The van der Waals surface area contributed by atoms with E-state index in [1.807, 2.05) is 0 Å². The summed E-state index contributed by atoms with van der Waals surface area (Å²) in [5, 5.41) is 0. The van der Waals surface area contributed by atoms with Gasteiger partial charge in [-0.3, -0.25) is 4.79 Å². The van der Waals surface area contributed by atoms with E-state index in [0.717, 1.165) is 38.5 Å². The highest BCUT2D eigenvalue weighted by Gasteiger charge is 2.43. The molecule has 0 spiro atoms. The molecule has 3 atom stereocenters. The third-order valence-corrected chi connectivity index (χ3v) is 5.23. The van der Waals surface area contributed by atoms with Crippen LogP contribution in [0.1, 0.15) is 65.7 Å². The van der Waals surface area contributed by atoms with E-state index in [1.165, 1.54) is 0 Å². The molecule has 1 heterocycles. The van der Waals surface area contributed by atoms with Crippen LogP contribution < -0.4 is 0 Å². The maximum absolute atomic E-state index is 11.8. The predicted molar refractivity (Wildman–Crippen MR) is 74.9 cm³/mol. The van der Waals surface area contributed by atoms with Gasteiger partial charge in [0, 0.05) is 6.42 Å². The summed E-state index contributed by atoms with van der Waals surface area (Å²) in [6.45, 7) is 7.25. The first kappa shape index (κ1) is 14.8. The Labute approximate surface area is 117 Å². The molecule has 0 aromatic heterocycles. The molecule has 110 valence electrons. The van der Waals surface area contributed by atoms with Crippen LogP contribution in [-0.2, 0) is 14.3 Å². The standard InChI is InChI=1S/C16H28O3/c1-4-16(3,5-2)9-8-15(17)18-11-12-6-7-13-14(10-12)19-13/h12-14H,4-11H2,1-3H3. The van der Waals surface area contributed by atoms with E-state index in [0.29, 0.717) is 36.6 Å². The van der Waals surface area contributed by atoms with Gasteiger partial charge in [-0.2, -0.15) is 0 Å². The first-order valence-corrected chi connectivity index (χ1v) is 7.87. The van der Waals surface area contributed by atoms with Crippen LogP contribution in [0.2, 0.25) is 0 Å². The van der Waals surface area contributed by atoms with Crippen molar-refractivity contribution in [2.75, 3.05) is 6.61 Å². The summed E-state index contributed by atoms with van der Waals surface area (Å²) in [6, 6.07) is 0. The summed E-state index contributed by atoms with van der Waals surface area (Å²) >= 11 is 0. The average Bonchev–Trinajstić information content (AvgIpc) is 3.21. The van der Waals surface area contributed by atoms with Gasteiger partial charge in [0.25, 0.3) is 0 Å². The van der Waals surface area contributed by atoms with Gasteiger partial charge in [-0.1, -0.05) is 33.6 Å². The summed E-state index contributed by atoms with van der Waals surface area (Å²) in [6.07, 6.45) is 8.14. The maximum atomic E-state index is 11.8. The molecule has 1 aliphatic heterocycles. The quantitative estimate of drug-likeness (QED) is 0.522. The zero-order valence-electron chi connectivity index (χ0n) is 12.6. The van der Waals surface area contributed by atoms with Crippen LogP contribution in [0, 0.1) is 11.3 Å². The monoisotopic (exact) mass is 268 g/mol. The van der Waals surface area contributed by atoms with E-state index in [-0.39, 0.29) is 5.97 Å². The first-order chi connectivity index (χ1) is 9.06. The summed E-state index contributed by atoms with van der Waals surface area (Å²) in [5.41, 5.74) is 0.291. The number of fused-ring (bicyclic) bond motifs is 1. The highest BCUT2D eigenvalue weighted by atomic mass is 16.6. The fourth-order valence-electron chi connectivity index (χ4n) is 2.93. The van der Waals surface area contributed by atoms with Gasteiger partial charge in [0.05, 0.1) is 18.8 Å². The van der Waals surface area contributed by atoms with Gasteiger partial charge in [-0.15, -0.1) is 0 Å². The van der Waals surface area contributed by atoms with Gasteiger partial charge < -0.3 is 9.47 Å². The molecule has 3 heteroatoms. The predicted octanol–water partition coefficient (Wildman–Crippen LogP) is 3.70. The summed E-state index contributed by atoms with van der Waals surface area (Å²) in [4.78, 5) is 11.8. The topological polar surface area (TPSA) is 38.8 Å². The van der Waals surface area contributed by atoms with E-state index < -0.39 is 0 Å². The van der Waals surface area contributed by atoms with Crippen molar-refractivity contribution >= 4 is 5.97 Å². The van der Waals surface area contributed by atoms with E-state index in [9.17, 15) is 4.79 Å². The zero-order valence-corrected chi connectivity index (χ0v) is 12.6. The Kier molecular flexibility index (Phi) is 4.88. The van der Waals surface area contributed by atoms with Crippen molar-refractivity contribution in [3.05, 3.63) is 0 Å². The van der Waals surface area contributed by atoms with E-state index in [1.54, 1.807) is 0 Å². The second-order valence-corrected chi connectivity index (χ2v) is 6.59. The Morgan fingerprint density at radius 1 is 1.26 bits per heavy atom. The summed E-state index contributed by atoms with van der Waals surface area (Å²) in [5.74, 6) is 0.503. The lowest BCUT2D eigenvalue weighted by molar-refractivity contribution is -0.146. The molecule has 19 heavy (non-hydrogen) atoms. The van der Waals surface area contributed by atoms with Crippen molar-refractivity contribution in [1.29, 1.82) is 0 Å². The molecule has 0 radical (unpaired) electrons. The second-order valence-electron chi connectivity index (χ2n) is 6.59. The van der Waals surface area contributed by atoms with Crippen LogP contribution in [0.25, 0.3) is 0 Å². The normalized spacial score (nSPS) is 29.7. The SMILES string of the molecule is CCC(C)(CC)CCC(=O)OCC1CCC2OC2C1. The number of carbonyl (C=O) groups excluding carboxylic acids is 1. The van der Waals surface area contributed by atoms with Gasteiger partial charge in [-0.05, 0) is 37.0 Å². The molecule has 0 aromatic rings. The minimum Gasteiger partial charge on any atom is -0.465 e. The summed E-state index contributed by atoms with van der Waals surface area (Å²) in [7, 11) is 0. The molecule has 0 bridgehead atoms. The van der Waals surface area contributed by atoms with Gasteiger partial charge in [0.2, 0.25) is 0 Å². The number of hydrogen-bond acceptors (Lipinski definition) is 3. The van der Waals surface area contributed by atoms with Crippen LogP contribution in [0.5, 0.6) is 0 Å². The second kappa shape index (κ2) is 6.25. The first-order valence-electron chi connectivity index (χ1n) is 7.87. The Balaban J connectivity index is 1.61. The Bertz CT molecular complexity index is 309. The smallest absolute Gasteiger partial charge is 0.305 e. The number of ether oxygens (including phenoxy) is 2. The molecule has 1 saturated heterocycles. The molecule has 1 saturated carbocycles. The highest BCUT2D eigenvalue weighted by Crippen LogP contribution is 2.39. The minimum absolute atomic E-state index is 0.0213. The van der Waals surface area contributed by atoms with Crippen molar-refractivity contribution in [2.24, 2.45) is 11.3 Å². The maximum Gasteiger partial charge on any atom is 0.305 e. The largest absolute Gasteiger partial charge is 0.465 e. The molecule has 3 unspecified atom stereocenters. The van der Waals surface area contributed by atoms with Crippen LogP contribution in [0.15, 0.2) is 0 Å². The number of carbonyl (C=O) groups is 1. The van der Waals surface area contributed by atoms with Crippen molar-refractivity contribution < 1.29 is 14.3 Å². The molecule has 2 rings (SSSR count). The number of epoxide rings is 1. The molecule has 2 fully saturated rings. The molecular formula is C16H28O3. The highest BCUT2D eigenvalue weighted by molar-refractivity contribution is 5.69. The molecule has 0 aromatic carbocycles. The Hall–Kier alpha value is -0.570. The number of hydrogen-bond donors (Lipinski definition) is 0. The van der Waals surface area contributed by atoms with Crippen molar-refractivity contribution in [3.8, 4) is 0 Å². The van der Waals surface area contributed by atoms with Gasteiger partial charge in [-0.25, -0.2) is 0 Å². The number of esters is 1. The average molecular weight is 268 g/mol. The van der Waals surface area contributed by atoms with Crippen molar-refractivity contribution in [2.45, 2.75) is 77.9 Å². The van der Waals surface area contributed by atoms with Gasteiger partial charge in [0.1, 0.15) is 0 Å². The molecule has 0 amide bonds. The van der Waals surface area contributed by atoms with Gasteiger partial charge >= 0.3 is 5.97 Å². The number of rotatable bonds is 7. The molecular weight excluding hydrogens is 240 g/mol. The van der Waals surface area contributed by atoms with Crippen LogP contribution in [0.3, 0.4) is 0 Å². The molecule has 2 aliphatic rings. The van der Waals surface area contributed by atoms with E-state index in [2.05, 4.69) is 20.8 Å². The molecule has 3 nitrogen and oxygen atoms in total. The van der Waals surface area contributed by atoms with Crippen LogP contribution in [0.4, 0.5) is 0 Å². The molecule has 1 aliphatic carbocycles. The molecule has 0 N–H and O–H groups in total. The zero-order chi connectivity index (χ0) is 13.9. The third kappa shape index (κ3) is 4.20. The third-order valence-electron chi connectivity index (χ3n) is 5.23. The van der Waals surface area contributed by atoms with Gasteiger partial charge in [0.15, 0.2) is 0 Å². The lowest BCUT2D eigenvalue weighted by atomic mass is 9.80. The van der Waals surface area contributed by atoms with E-state index in [4.69, 9.17) is 9.47 Å². The van der Waals surface area contributed by atoms with Crippen molar-refractivity contribution in [3.63, 3.8) is 0 Å². The fourth-order valence-corrected chi connectivity index (χ4v) is 2.93. The van der Waals surface area contributed by atoms with Crippen LogP contribution >= 0.6 is 0 Å².